The number of methoxy groups -OCH3 is 1. The summed E-state index contributed by atoms with van der Waals surface area (Å²) < 4.78 is 45.5. The van der Waals surface area contributed by atoms with Gasteiger partial charge in [0.25, 0.3) is 0 Å². The van der Waals surface area contributed by atoms with Crippen LogP contribution in [0.15, 0.2) is 59.7 Å². The highest BCUT2D eigenvalue weighted by Crippen LogP contribution is 2.43. The Kier molecular flexibility index (Phi) is 8.68. The molecule has 1 aliphatic rings. The first kappa shape index (κ1) is 27.5. The number of anilines is 2. The average Bonchev–Trinajstić information content (AvgIpc) is 2.90. The van der Waals surface area contributed by atoms with Crippen molar-refractivity contribution in [3.05, 3.63) is 54.8 Å². The molecule has 2 aromatic carbocycles. The maximum atomic E-state index is 13.8. The molecule has 0 radical (unpaired) electrons. The lowest BCUT2D eigenvalue weighted by Gasteiger charge is -2.29. The lowest BCUT2D eigenvalue weighted by molar-refractivity contribution is -0.148. The Morgan fingerprint density at radius 3 is 2.44 bits per heavy atom. The van der Waals surface area contributed by atoms with E-state index in [2.05, 4.69) is 6.92 Å². The fourth-order valence-electron chi connectivity index (χ4n) is 4.04. The Bertz CT molecular complexity index is 1190. The molecule has 0 aromatic heterocycles. The van der Waals surface area contributed by atoms with Gasteiger partial charge in [0.05, 0.1) is 25.1 Å². The maximum Gasteiger partial charge on any atom is 0.334 e. The number of fused-ring (bicyclic) bond motifs is 1. The molecule has 3 rings (SSSR count). The minimum Gasteiger partial charge on any atom is -0.493 e. The van der Waals surface area contributed by atoms with E-state index in [1.807, 2.05) is 35.2 Å². The zero-order chi connectivity index (χ0) is 26.5. The Morgan fingerprint density at radius 1 is 1.14 bits per heavy atom. The van der Waals surface area contributed by atoms with Crippen molar-refractivity contribution in [3.63, 3.8) is 0 Å². The van der Waals surface area contributed by atoms with Gasteiger partial charge in [-0.2, -0.15) is 4.31 Å². The van der Waals surface area contributed by atoms with Gasteiger partial charge >= 0.3 is 5.97 Å². The monoisotopic (exact) mass is 516 g/mol. The van der Waals surface area contributed by atoms with Crippen molar-refractivity contribution in [3.8, 4) is 11.5 Å². The number of carbonyl (C=O) groups is 1. The quantitative estimate of drug-likeness (QED) is 0.269. The summed E-state index contributed by atoms with van der Waals surface area (Å²) in [6.45, 7) is 7.89. The molecule has 0 spiro atoms. The van der Waals surface area contributed by atoms with Gasteiger partial charge in [0.1, 0.15) is 10.5 Å². The zero-order valence-electron chi connectivity index (χ0n) is 21.9. The number of sulfonamides is 1. The third kappa shape index (κ3) is 6.39. The predicted octanol–water partition coefficient (Wildman–Crippen LogP) is 5.26. The Labute approximate surface area is 214 Å². The molecule has 0 bridgehead atoms. The van der Waals surface area contributed by atoms with Crippen molar-refractivity contribution in [2.24, 2.45) is 0 Å². The molecule has 196 valence electrons. The first-order valence-corrected chi connectivity index (χ1v) is 13.5. The van der Waals surface area contributed by atoms with Gasteiger partial charge in [-0.25, -0.2) is 13.2 Å². The minimum absolute atomic E-state index is 0.106. The number of rotatable bonds is 8. The van der Waals surface area contributed by atoms with Crippen LogP contribution in [0.1, 0.15) is 47.0 Å². The van der Waals surface area contributed by atoms with E-state index in [1.54, 1.807) is 33.9 Å². The van der Waals surface area contributed by atoms with Gasteiger partial charge in [-0.15, -0.1) is 0 Å². The van der Waals surface area contributed by atoms with Crippen LogP contribution < -0.4 is 14.4 Å². The molecule has 8 nitrogen and oxygen atoms in total. The summed E-state index contributed by atoms with van der Waals surface area (Å²) >= 11 is 0. The van der Waals surface area contributed by atoms with Crippen LogP contribution in [0.25, 0.3) is 0 Å². The van der Waals surface area contributed by atoms with Crippen LogP contribution in [-0.4, -0.2) is 51.0 Å². The molecule has 0 aliphatic carbocycles. The molecule has 36 heavy (non-hydrogen) atoms. The number of nitrogens with zero attached hydrogens (tertiary/aromatic N) is 2. The van der Waals surface area contributed by atoms with Crippen LogP contribution in [0.2, 0.25) is 0 Å². The van der Waals surface area contributed by atoms with Crippen LogP contribution in [0.3, 0.4) is 0 Å². The van der Waals surface area contributed by atoms with E-state index >= 15 is 0 Å². The summed E-state index contributed by atoms with van der Waals surface area (Å²) in [4.78, 5) is 14.1. The minimum atomic E-state index is -3.85. The number of ether oxygens (including phenoxy) is 3. The van der Waals surface area contributed by atoms with Crippen LogP contribution in [0.5, 0.6) is 11.5 Å². The van der Waals surface area contributed by atoms with Gasteiger partial charge in [-0.05, 0) is 39.3 Å². The summed E-state index contributed by atoms with van der Waals surface area (Å²) in [7, 11) is -0.738. The summed E-state index contributed by atoms with van der Waals surface area (Å²) in [6, 6.07) is 12.6. The van der Waals surface area contributed by atoms with Crippen molar-refractivity contribution in [1.29, 1.82) is 0 Å². The number of benzene rings is 2. The van der Waals surface area contributed by atoms with Crippen LogP contribution >= 0.6 is 0 Å². The molecule has 0 amide bonds. The molecule has 2 aromatic rings. The van der Waals surface area contributed by atoms with E-state index in [4.69, 9.17) is 14.2 Å². The number of para-hydroxylation sites is 1. The zero-order valence-corrected chi connectivity index (χ0v) is 22.7. The van der Waals surface area contributed by atoms with Gasteiger partial charge in [-0.3, -0.25) is 0 Å². The van der Waals surface area contributed by atoms with Crippen LogP contribution in [0.4, 0.5) is 11.4 Å². The number of carbonyl (C=O) groups excluding carboxylic acids is 1. The van der Waals surface area contributed by atoms with E-state index < -0.39 is 21.6 Å². The molecule has 0 saturated carbocycles. The SMILES string of the molecule is CCCCC1CN(c2ccccc2)c2cc(OC)c(O/C=C/C(=O)OC(C)(C)C)cc2S(=O)(=O)N1C. The highest BCUT2D eigenvalue weighted by molar-refractivity contribution is 7.89. The average molecular weight is 517 g/mol. The molecule has 1 aliphatic heterocycles. The highest BCUT2D eigenvalue weighted by Gasteiger charge is 2.37. The summed E-state index contributed by atoms with van der Waals surface area (Å²) in [5.41, 5.74) is 0.746. The first-order valence-electron chi connectivity index (χ1n) is 12.1. The fraction of sp³-hybridized carbons (Fsp3) is 0.444. The van der Waals surface area contributed by atoms with Gasteiger partial charge in [-0.1, -0.05) is 38.0 Å². The van der Waals surface area contributed by atoms with E-state index in [0.717, 1.165) is 31.0 Å². The van der Waals surface area contributed by atoms with Gasteiger partial charge in [0.15, 0.2) is 11.5 Å². The van der Waals surface area contributed by atoms with E-state index in [0.29, 0.717) is 18.0 Å². The molecule has 0 saturated heterocycles. The van der Waals surface area contributed by atoms with Crippen LogP contribution in [0, 0.1) is 0 Å². The molecular formula is C27H36N2O6S. The Morgan fingerprint density at radius 2 is 1.83 bits per heavy atom. The predicted molar refractivity (Wildman–Crippen MR) is 140 cm³/mol. The molecule has 9 heteroatoms. The lowest BCUT2D eigenvalue weighted by Crippen LogP contribution is -2.40. The second-order valence-corrected chi connectivity index (χ2v) is 11.7. The molecular weight excluding hydrogens is 480 g/mol. The van der Waals surface area contributed by atoms with E-state index in [-0.39, 0.29) is 16.7 Å². The van der Waals surface area contributed by atoms with Crippen molar-refractivity contribution >= 4 is 27.4 Å². The third-order valence-electron chi connectivity index (χ3n) is 5.87. The largest absolute Gasteiger partial charge is 0.493 e. The normalized spacial score (nSPS) is 17.9. The smallest absolute Gasteiger partial charge is 0.334 e. The second kappa shape index (κ2) is 11.3. The standard InChI is InChI=1S/C27H36N2O6S/c1-7-8-12-21-19-29(20-13-10-9-11-14-20)22-17-23(33-6)24(18-25(22)36(31,32)28(21)5)34-16-15-26(30)35-27(2,3)4/h9-11,13-18,21H,7-8,12,19H2,1-6H3/b16-15+. The Hall–Kier alpha value is -3.04. The number of esters is 1. The molecule has 0 fully saturated rings. The van der Waals surface area contributed by atoms with Gasteiger partial charge < -0.3 is 19.1 Å². The molecule has 0 N–H and O–H groups in total. The fourth-order valence-corrected chi connectivity index (χ4v) is 5.60. The van der Waals surface area contributed by atoms with Gasteiger partial charge in [0.2, 0.25) is 10.0 Å². The number of hydrogen-bond donors (Lipinski definition) is 0. The number of unbranched alkanes of at least 4 members (excludes halogenated alkanes) is 1. The maximum absolute atomic E-state index is 13.8. The van der Waals surface area contributed by atoms with Crippen molar-refractivity contribution < 1.29 is 27.4 Å². The topological polar surface area (TPSA) is 85.4 Å². The highest BCUT2D eigenvalue weighted by atomic mass is 32.2. The number of hydrogen-bond acceptors (Lipinski definition) is 7. The summed E-state index contributed by atoms with van der Waals surface area (Å²) in [6.07, 6.45) is 4.94. The van der Waals surface area contributed by atoms with E-state index in [9.17, 15) is 13.2 Å². The lowest BCUT2D eigenvalue weighted by atomic mass is 10.1. The summed E-state index contributed by atoms with van der Waals surface area (Å²) in [5, 5.41) is 0. The van der Waals surface area contributed by atoms with Gasteiger partial charge in [0, 0.05) is 37.5 Å². The Balaban J connectivity index is 2.08. The van der Waals surface area contributed by atoms with Crippen molar-refractivity contribution in [2.75, 3.05) is 25.6 Å². The van der Waals surface area contributed by atoms with Crippen molar-refractivity contribution in [1.82, 2.24) is 4.31 Å². The third-order valence-corrected chi connectivity index (χ3v) is 7.80. The summed E-state index contributed by atoms with van der Waals surface area (Å²) in [5.74, 6) is -0.0564. The second-order valence-electron chi connectivity index (χ2n) is 9.69. The van der Waals surface area contributed by atoms with Crippen molar-refractivity contribution in [2.45, 2.75) is 63.5 Å². The molecule has 1 heterocycles. The molecule has 1 atom stereocenters. The van der Waals surface area contributed by atoms with Crippen LogP contribution in [-0.2, 0) is 19.6 Å². The van der Waals surface area contributed by atoms with E-state index in [1.165, 1.54) is 23.7 Å². The first-order chi connectivity index (χ1) is 17.0. The number of likely N-dealkylation sites (N-methyl/N-ethyl adjacent to an activating group) is 1. The molecule has 1 unspecified atom stereocenters.